The van der Waals surface area contributed by atoms with Crippen LogP contribution in [0.1, 0.15) is 37.7 Å². The summed E-state index contributed by atoms with van der Waals surface area (Å²) in [5, 5.41) is 3.64. The van der Waals surface area contributed by atoms with E-state index in [9.17, 15) is 14.4 Å². The van der Waals surface area contributed by atoms with Crippen molar-refractivity contribution in [3.8, 4) is 11.1 Å². The zero-order valence-electron chi connectivity index (χ0n) is 15.6. The van der Waals surface area contributed by atoms with Crippen LogP contribution < -0.4 is 10.7 Å². The molecule has 0 unspecified atom stereocenters. The topological polar surface area (TPSA) is 78.5 Å². The van der Waals surface area contributed by atoms with Crippen LogP contribution in [0.2, 0.25) is 0 Å². The molecule has 6 heteroatoms. The van der Waals surface area contributed by atoms with Crippen molar-refractivity contribution < 1.29 is 14.4 Å². The van der Waals surface area contributed by atoms with Gasteiger partial charge in [-0.1, -0.05) is 73.9 Å². The minimum Gasteiger partial charge on any atom is -0.322 e. The zero-order chi connectivity index (χ0) is 19.6. The van der Waals surface area contributed by atoms with Crippen molar-refractivity contribution in [2.75, 3.05) is 0 Å². The smallest absolute Gasteiger partial charge is 0.322 e. The number of amides is 4. The van der Waals surface area contributed by atoms with Crippen molar-refractivity contribution in [3.05, 3.63) is 60.2 Å². The maximum atomic E-state index is 12.7. The van der Waals surface area contributed by atoms with Crippen LogP contribution in [0.15, 0.2) is 54.6 Å². The van der Waals surface area contributed by atoms with Crippen molar-refractivity contribution in [2.24, 2.45) is 0 Å². The molecule has 4 rings (SSSR count). The molecule has 2 aromatic carbocycles. The highest BCUT2D eigenvalue weighted by Crippen LogP contribution is 2.33. The Balaban J connectivity index is 1.39. The van der Waals surface area contributed by atoms with Gasteiger partial charge in [0.15, 0.2) is 0 Å². The summed E-state index contributed by atoms with van der Waals surface area (Å²) in [6, 6.07) is 17.1. The van der Waals surface area contributed by atoms with E-state index >= 15 is 0 Å². The summed E-state index contributed by atoms with van der Waals surface area (Å²) in [5.41, 5.74) is 4.64. The van der Waals surface area contributed by atoms with Crippen LogP contribution in [0.5, 0.6) is 0 Å². The molecule has 0 atom stereocenters. The number of nitrogens with one attached hydrogen (secondary N) is 2. The third kappa shape index (κ3) is 3.50. The first-order valence-electron chi connectivity index (χ1n) is 9.68. The molecule has 28 heavy (non-hydrogen) atoms. The van der Waals surface area contributed by atoms with E-state index in [0.29, 0.717) is 12.8 Å². The molecule has 0 aromatic heterocycles. The van der Waals surface area contributed by atoms with Gasteiger partial charge in [0, 0.05) is 0 Å². The van der Waals surface area contributed by atoms with Gasteiger partial charge in [-0.15, -0.1) is 0 Å². The molecule has 1 aliphatic heterocycles. The van der Waals surface area contributed by atoms with Crippen LogP contribution in [-0.4, -0.2) is 28.4 Å². The third-order valence-electron chi connectivity index (χ3n) is 5.53. The second-order valence-corrected chi connectivity index (χ2v) is 7.49. The highest BCUT2D eigenvalue weighted by atomic mass is 16.2. The van der Waals surface area contributed by atoms with Crippen LogP contribution in [-0.2, 0) is 16.0 Å². The van der Waals surface area contributed by atoms with E-state index in [1.807, 2.05) is 54.6 Å². The molecule has 1 spiro atoms. The van der Waals surface area contributed by atoms with E-state index in [2.05, 4.69) is 10.7 Å². The van der Waals surface area contributed by atoms with Crippen molar-refractivity contribution in [2.45, 2.75) is 44.1 Å². The molecular formula is C22H23N3O3. The summed E-state index contributed by atoms with van der Waals surface area (Å²) in [6.45, 7) is 0. The Morgan fingerprint density at radius 2 is 1.57 bits per heavy atom. The highest BCUT2D eigenvalue weighted by molar-refractivity contribution is 6.08. The fourth-order valence-electron chi connectivity index (χ4n) is 4.01. The highest BCUT2D eigenvalue weighted by Gasteiger charge is 2.52. The van der Waals surface area contributed by atoms with E-state index in [1.165, 1.54) is 0 Å². The molecule has 1 saturated heterocycles. The number of hydrazine groups is 1. The summed E-state index contributed by atoms with van der Waals surface area (Å²) in [4.78, 5) is 37.3. The standard InChI is InChI=1S/C22H23N3O3/c26-19(15-16-9-11-18(12-10-16)17-7-3-1-4-8-17)24-25-20(27)22(23-21(25)28)13-5-2-6-14-22/h1,3-4,7-12H,2,5-6,13-15H2,(H,23,28)(H,24,26). The molecule has 0 radical (unpaired) electrons. The molecule has 6 nitrogen and oxygen atoms in total. The minimum absolute atomic E-state index is 0.0964. The Labute approximate surface area is 163 Å². The van der Waals surface area contributed by atoms with Crippen molar-refractivity contribution in [1.82, 2.24) is 15.8 Å². The summed E-state index contributed by atoms with van der Waals surface area (Å²) in [5.74, 6) is -0.728. The van der Waals surface area contributed by atoms with Crippen LogP contribution in [0.4, 0.5) is 4.79 Å². The average molecular weight is 377 g/mol. The van der Waals surface area contributed by atoms with Crippen molar-refractivity contribution >= 4 is 17.8 Å². The van der Waals surface area contributed by atoms with E-state index in [4.69, 9.17) is 0 Å². The fourth-order valence-corrected chi connectivity index (χ4v) is 4.01. The number of urea groups is 1. The van der Waals surface area contributed by atoms with Gasteiger partial charge >= 0.3 is 6.03 Å². The van der Waals surface area contributed by atoms with Gasteiger partial charge in [0.2, 0.25) is 5.91 Å². The number of imide groups is 1. The Kier molecular flexibility index (Phi) is 4.86. The van der Waals surface area contributed by atoms with Gasteiger partial charge in [0.05, 0.1) is 6.42 Å². The number of carbonyl (C=O) groups is 3. The van der Waals surface area contributed by atoms with Gasteiger partial charge < -0.3 is 5.32 Å². The lowest BCUT2D eigenvalue weighted by molar-refractivity contribution is -0.139. The van der Waals surface area contributed by atoms with Crippen LogP contribution in [0.25, 0.3) is 11.1 Å². The number of nitrogens with zero attached hydrogens (tertiary/aromatic N) is 1. The van der Waals surface area contributed by atoms with E-state index in [-0.39, 0.29) is 18.2 Å². The predicted octanol–water partition coefficient (Wildman–Crippen LogP) is 3.18. The lowest BCUT2D eigenvalue weighted by Gasteiger charge is -2.30. The molecule has 144 valence electrons. The Morgan fingerprint density at radius 3 is 2.25 bits per heavy atom. The first-order chi connectivity index (χ1) is 13.6. The predicted molar refractivity (Wildman–Crippen MR) is 105 cm³/mol. The summed E-state index contributed by atoms with van der Waals surface area (Å²) in [6.07, 6.45) is 4.23. The van der Waals surface area contributed by atoms with Gasteiger partial charge in [-0.3, -0.25) is 15.0 Å². The number of hydrogen-bond donors (Lipinski definition) is 2. The lowest BCUT2D eigenvalue weighted by Crippen LogP contribution is -2.51. The number of carbonyl (C=O) groups excluding carboxylic acids is 3. The van der Waals surface area contributed by atoms with Crippen LogP contribution in [0, 0.1) is 0 Å². The maximum Gasteiger partial charge on any atom is 0.344 e. The monoisotopic (exact) mass is 377 g/mol. The molecule has 1 aliphatic carbocycles. The van der Waals surface area contributed by atoms with Gasteiger partial charge in [0.1, 0.15) is 5.54 Å². The number of rotatable bonds is 4. The second-order valence-electron chi connectivity index (χ2n) is 7.49. The minimum atomic E-state index is -0.833. The molecule has 2 aromatic rings. The van der Waals surface area contributed by atoms with Gasteiger partial charge in [-0.2, -0.15) is 5.01 Å². The summed E-state index contributed by atoms with van der Waals surface area (Å²) < 4.78 is 0. The van der Waals surface area contributed by atoms with Gasteiger partial charge in [-0.05, 0) is 29.5 Å². The van der Waals surface area contributed by atoms with E-state index in [0.717, 1.165) is 41.0 Å². The zero-order valence-corrected chi connectivity index (χ0v) is 15.6. The summed E-state index contributed by atoms with van der Waals surface area (Å²) >= 11 is 0. The maximum absolute atomic E-state index is 12.7. The molecule has 2 N–H and O–H groups in total. The first kappa shape index (κ1) is 18.2. The Hall–Kier alpha value is -3.15. The number of hydrogen-bond acceptors (Lipinski definition) is 3. The second kappa shape index (κ2) is 7.46. The van der Waals surface area contributed by atoms with Gasteiger partial charge in [-0.25, -0.2) is 4.79 Å². The molecule has 1 saturated carbocycles. The Bertz CT molecular complexity index is 887. The SMILES string of the molecule is O=C(Cc1ccc(-c2ccccc2)cc1)NN1C(=O)NC2(CCCCC2)C1=O. The molecule has 2 fully saturated rings. The van der Waals surface area contributed by atoms with E-state index in [1.54, 1.807) is 0 Å². The van der Waals surface area contributed by atoms with Crippen LogP contribution in [0.3, 0.4) is 0 Å². The molecular weight excluding hydrogens is 354 g/mol. The van der Waals surface area contributed by atoms with Crippen molar-refractivity contribution in [1.29, 1.82) is 0 Å². The quantitative estimate of drug-likeness (QED) is 0.804. The molecule has 1 heterocycles. The lowest BCUT2D eigenvalue weighted by atomic mass is 9.82. The Morgan fingerprint density at radius 1 is 0.929 bits per heavy atom. The molecule has 2 aliphatic rings. The average Bonchev–Trinajstić information content (AvgIpc) is 2.93. The van der Waals surface area contributed by atoms with Crippen molar-refractivity contribution in [3.63, 3.8) is 0 Å². The first-order valence-corrected chi connectivity index (χ1v) is 9.68. The largest absolute Gasteiger partial charge is 0.344 e. The summed E-state index contributed by atoms with van der Waals surface area (Å²) in [7, 11) is 0. The molecule has 0 bridgehead atoms. The normalized spacial score (nSPS) is 18.2. The third-order valence-corrected chi connectivity index (χ3v) is 5.53. The van der Waals surface area contributed by atoms with Crippen LogP contribution >= 0.6 is 0 Å². The van der Waals surface area contributed by atoms with E-state index < -0.39 is 11.6 Å². The fraction of sp³-hybridized carbons (Fsp3) is 0.318. The number of benzene rings is 2. The molecule has 4 amide bonds. The van der Waals surface area contributed by atoms with Gasteiger partial charge in [0.25, 0.3) is 5.91 Å².